The van der Waals surface area contributed by atoms with E-state index < -0.39 is 11.7 Å². The van der Waals surface area contributed by atoms with E-state index in [9.17, 15) is 9.18 Å². The highest BCUT2D eigenvalue weighted by Gasteiger charge is 2.23. The number of thioether (sulfide) groups is 1. The Balaban J connectivity index is 1.81. The molecule has 1 aliphatic rings. The zero-order valence-electron chi connectivity index (χ0n) is 23.7. The van der Waals surface area contributed by atoms with Crippen LogP contribution in [0, 0.1) is 12.7 Å². The normalized spacial score (nSPS) is 16.9. The van der Waals surface area contributed by atoms with E-state index in [0.717, 1.165) is 27.1 Å². The largest absolute Gasteiger partial charge is 0.378 e. The van der Waals surface area contributed by atoms with Gasteiger partial charge in [-0.1, -0.05) is 24.8 Å². The van der Waals surface area contributed by atoms with Crippen LogP contribution in [0.3, 0.4) is 0 Å². The minimum Gasteiger partial charge on any atom is -0.378 e. The lowest BCUT2D eigenvalue weighted by atomic mass is 9.95. The highest BCUT2D eigenvalue weighted by molar-refractivity contribution is 8.02. The second-order valence-corrected chi connectivity index (χ2v) is 11.0. The first-order chi connectivity index (χ1) is 19.0. The van der Waals surface area contributed by atoms with E-state index in [1.165, 1.54) is 23.0 Å². The molecule has 0 radical (unpaired) electrons. The quantitative estimate of drug-likeness (QED) is 0.286. The average molecular weight is 561 g/mol. The summed E-state index contributed by atoms with van der Waals surface area (Å²) in [6, 6.07) is 7.09. The molecule has 0 saturated heterocycles. The van der Waals surface area contributed by atoms with Crippen LogP contribution in [-0.4, -0.2) is 22.0 Å². The van der Waals surface area contributed by atoms with Gasteiger partial charge in [0.1, 0.15) is 11.6 Å². The number of pyridine rings is 2. The maximum absolute atomic E-state index is 15.3. The fraction of sp³-hybridized carbons (Fsp3) is 0.281. The molecule has 0 aliphatic carbocycles. The molecule has 8 heteroatoms. The number of benzene rings is 1. The van der Waals surface area contributed by atoms with Crippen molar-refractivity contribution in [3.05, 3.63) is 110 Å². The van der Waals surface area contributed by atoms with Crippen LogP contribution in [0.1, 0.15) is 56.0 Å². The van der Waals surface area contributed by atoms with E-state index in [4.69, 9.17) is 0 Å². The van der Waals surface area contributed by atoms with E-state index in [-0.39, 0.29) is 29.5 Å². The molecule has 0 spiro atoms. The van der Waals surface area contributed by atoms with Gasteiger partial charge in [-0.15, -0.1) is 11.8 Å². The molecular formula is C32H34F2N4OS. The van der Waals surface area contributed by atoms with Crippen molar-refractivity contribution in [2.45, 2.75) is 46.1 Å². The van der Waals surface area contributed by atoms with Crippen LogP contribution < -0.4 is 10.9 Å². The summed E-state index contributed by atoms with van der Waals surface area (Å²) in [7, 11) is 1.67. The second kappa shape index (κ2) is 12.2. The lowest BCUT2D eigenvalue weighted by molar-refractivity contribution is 0.537. The Kier molecular flexibility index (Phi) is 8.88. The van der Waals surface area contributed by atoms with Crippen LogP contribution >= 0.6 is 11.8 Å². The topological polar surface area (TPSA) is 59.3 Å². The van der Waals surface area contributed by atoms with Crippen molar-refractivity contribution in [2.75, 3.05) is 6.26 Å². The van der Waals surface area contributed by atoms with Gasteiger partial charge in [0.15, 0.2) is 0 Å². The number of allylic oxidation sites excluding steroid dienone is 6. The van der Waals surface area contributed by atoms with Gasteiger partial charge in [0.2, 0.25) is 0 Å². The molecule has 40 heavy (non-hydrogen) atoms. The number of nitrogens with zero attached hydrogens (tertiary/aromatic N) is 3. The summed E-state index contributed by atoms with van der Waals surface area (Å²) in [6.07, 6.45) is 10.7. The maximum atomic E-state index is 15.3. The maximum Gasteiger partial charge on any atom is 0.258 e. The third kappa shape index (κ3) is 5.87. The molecule has 5 nitrogen and oxygen atoms in total. The fourth-order valence-electron chi connectivity index (χ4n) is 4.87. The third-order valence-corrected chi connectivity index (χ3v) is 8.05. The summed E-state index contributed by atoms with van der Waals surface area (Å²) in [5, 5.41) is 4.96. The minimum absolute atomic E-state index is 0.0229. The van der Waals surface area contributed by atoms with Gasteiger partial charge >= 0.3 is 0 Å². The van der Waals surface area contributed by atoms with Crippen molar-refractivity contribution in [3.63, 3.8) is 0 Å². The molecule has 208 valence electrons. The molecule has 2 unspecified atom stereocenters. The van der Waals surface area contributed by atoms with E-state index in [0.29, 0.717) is 22.3 Å². The van der Waals surface area contributed by atoms with Gasteiger partial charge in [-0.2, -0.15) is 0 Å². The number of rotatable bonds is 8. The average Bonchev–Trinajstić information content (AvgIpc) is 2.93. The molecule has 0 bridgehead atoms. The Morgan fingerprint density at radius 2 is 1.98 bits per heavy atom. The van der Waals surface area contributed by atoms with Crippen molar-refractivity contribution in [2.24, 2.45) is 12.0 Å². The summed E-state index contributed by atoms with van der Waals surface area (Å²) in [4.78, 5) is 23.1. The minimum atomic E-state index is -0.582. The number of fused-ring (bicyclic) bond motifs is 1. The molecule has 3 heterocycles. The molecule has 0 saturated carbocycles. The number of aromatic nitrogens is 2. The highest BCUT2D eigenvalue weighted by Crippen LogP contribution is 2.33. The van der Waals surface area contributed by atoms with Crippen molar-refractivity contribution in [3.8, 4) is 11.3 Å². The first-order valence-corrected chi connectivity index (χ1v) is 14.3. The van der Waals surface area contributed by atoms with E-state index >= 15 is 4.39 Å². The molecule has 4 rings (SSSR count). The van der Waals surface area contributed by atoms with E-state index in [1.807, 2.05) is 44.4 Å². The van der Waals surface area contributed by atoms with Gasteiger partial charge in [-0.3, -0.25) is 14.8 Å². The van der Waals surface area contributed by atoms with Gasteiger partial charge in [-0.25, -0.2) is 8.78 Å². The predicted molar refractivity (Wildman–Crippen MR) is 164 cm³/mol. The molecule has 1 N–H and O–H groups in total. The Bertz CT molecular complexity index is 1670. The molecule has 2 aromatic heterocycles. The number of aliphatic imine (C=N–C) groups is 1. The molecule has 1 aliphatic heterocycles. The summed E-state index contributed by atoms with van der Waals surface area (Å²) >= 11 is 1.65. The van der Waals surface area contributed by atoms with Crippen LogP contribution in [0.2, 0.25) is 0 Å². The van der Waals surface area contributed by atoms with Gasteiger partial charge in [0.25, 0.3) is 5.56 Å². The zero-order chi connectivity index (χ0) is 29.1. The van der Waals surface area contributed by atoms with E-state index in [2.05, 4.69) is 34.9 Å². The van der Waals surface area contributed by atoms with Gasteiger partial charge in [0, 0.05) is 59.4 Å². The third-order valence-electron chi connectivity index (χ3n) is 7.21. The van der Waals surface area contributed by atoms with Crippen LogP contribution in [0.15, 0.2) is 87.2 Å². The van der Waals surface area contributed by atoms with Crippen molar-refractivity contribution in [1.29, 1.82) is 0 Å². The van der Waals surface area contributed by atoms with Crippen molar-refractivity contribution >= 4 is 28.7 Å². The molecule has 0 amide bonds. The summed E-state index contributed by atoms with van der Waals surface area (Å²) in [5.74, 6) is -1.52. The van der Waals surface area contributed by atoms with Crippen LogP contribution in [-0.2, 0) is 7.05 Å². The summed E-state index contributed by atoms with van der Waals surface area (Å²) < 4.78 is 31.0. The predicted octanol–water partition coefficient (Wildman–Crippen LogP) is 7.79. The van der Waals surface area contributed by atoms with Gasteiger partial charge < -0.3 is 9.88 Å². The zero-order valence-corrected chi connectivity index (χ0v) is 24.5. The van der Waals surface area contributed by atoms with E-state index in [1.54, 1.807) is 31.8 Å². The Morgan fingerprint density at radius 1 is 1.23 bits per heavy atom. The van der Waals surface area contributed by atoms with Crippen molar-refractivity contribution in [1.82, 2.24) is 14.9 Å². The smallest absolute Gasteiger partial charge is 0.258 e. The molecule has 3 aromatic rings. The summed E-state index contributed by atoms with van der Waals surface area (Å²) in [6.45, 7) is 11.4. The molecule has 2 atom stereocenters. The Hall–Kier alpha value is -3.78. The Morgan fingerprint density at radius 3 is 2.62 bits per heavy atom. The Labute approximate surface area is 238 Å². The molecular weight excluding hydrogens is 526 g/mol. The number of nitrogens with one attached hydrogen (secondary N) is 1. The number of aryl methyl sites for hydroxylation is 1. The molecule has 0 fully saturated rings. The second-order valence-electron chi connectivity index (χ2n) is 10.0. The monoisotopic (exact) mass is 560 g/mol. The summed E-state index contributed by atoms with van der Waals surface area (Å²) in [5.41, 5.74) is 4.14. The van der Waals surface area contributed by atoms with Crippen molar-refractivity contribution < 1.29 is 8.78 Å². The van der Waals surface area contributed by atoms with Crippen LogP contribution in [0.4, 0.5) is 8.78 Å². The number of hydrogen-bond acceptors (Lipinski definition) is 5. The van der Waals surface area contributed by atoms with Crippen LogP contribution in [0.25, 0.3) is 22.0 Å². The first-order valence-electron chi connectivity index (χ1n) is 13.1. The number of halogens is 2. The lowest BCUT2D eigenvalue weighted by Crippen LogP contribution is -2.22. The highest BCUT2D eigenvalue weighted by atomic mass is 32.2. The standard InChI is InChI=1S/C32H34F2N4OS/c1-8-9-10-29(21(5)40-7)37-19(3)24-11-18(2)12-26-25(24)15-30(38(6)32(26)39)22-13-28(34)31(36-16-22)23-14-27(33)20(4)35-17-23/h8-13,15-17,19,23,37H,1,14H2,2-7H3/b10-9-,29-21-. The van der Waals surface area contributed by atoms with Gasteiger partial charge in [-0.05, 0) is 74.7 Å². The lowest BCUT2D eigenvalue weighted by Gasteiger charge is -2.22. The molecule has 1 aromatic carbocycles. The van der Waals surface area contributed by atoms with Crippen LogP contribution in [0.5, 0.6) is 0 Å². The SMILES string of the molecule is C=C/C=C\C(NC(C)c1cc(C)cc2c(=O)n(C)c(-c3cnc(C4C=NC(C)=C(F)C4)c(F)c3)cc12)=C(/C)SC. The van der Waals surface area contributed by atoms with Gasteiger partial charge in [0.05, 0.1) is 17.1 Å². The first kappa shape index (κ1) is 29.2. The fourth-order valence-corrected chi connectivity index (χ4v) is 5.22. The number of hydrogen-bond donors (Lipinski definition) is 1.